The maximum atomic E-state index is 12.0. The van der Waals surface area contributed by atoms with Crippen LogP contribution in [0.4, 0.5) is 5.69 Å². The van der Waals surface area contributed by atoms with E-state index in [1.165, 1.54) is 13.2 Å². The third-order valence-corrected chi connectivity index (χ3v) is 4.08. The molecule has 156 valence electrons. The van der Waals surface area contributed by atoms with Crippen molar-refractivity contribution in [1.82, 2.24) is 10.4 Å². The summed E-state index contributed by atoms with van der Waals surface area (Å²) in [5.74, 6) is -1.27. The number of nitro groups is 1. The number of benzene rings is 1. The third kappa shape index (κ3) is 5.72. The van der Waals surface area contributed by atoms with Crippen molar-refractivity contribution in [2.24, 2.45) is 5.10 Å². The number of amides is 1. The molecule has 0 spiro atoms. The van der Waals surface area contributed by atoms with Crippen LogP contribution in [-0.4, -0.2) is 40.9 Å². The minimum absolute atomic E-state index is 0.0102. The number of methoxy groups -OCH3 is 1. The van der Waals surface area contributed by atoms with E-state index in [-0.39, 0.29) is 23.6 Å². The number of halogens is 1. The third-order valence-electron chi connectivity index (χ3n) is 3.62. The first kappa shape index (κ1) is 22.7. The number of carbonyl (C=O) groups excluding carboxylic acids is 1. The molecule has 0 saturated heterocycles. The van der Waals surface area contributed by atoms with Crippen LogP contribution in [0.15, 0.2) is 27.8 Å². The van der Waals surface area contributed by atoms with Crippen molar-refractivity contribution in [3.63, 3.8) is 0 Å². The number of nitrogens with zero attached hydrogens (tertiary/aromatic N) is 4. The number of carbonyl (C=O) groups is 1. The summed E-state index contributed by atoms with van der Waals surface area (Å²) < 4.78 is 10.7. The van der Waals surface area contributed by atoms with E-state index in [0.29, 0.717) is 15.7 Å². The van der Waals surface area contributed by atoms with Crippen LogP contribution >= 0.6 is 15.9 Å². The molecule has 2 N–H and O–H groups in total. The fraction of sp³-hybridized carbons (Fsp3) is 0.222. The van der Waals surface area contributed by atoms with Gasteiger partial charge in [-0.3, -0.25) is 14.9 Å². The average molecular weight is 478 g/mol. The lowest BCUT2D eigenvalue weighted by atomic mass is 10.1. The first-order valence-corrected chi connectivity index (χ1v) is 9.07. The van der Waals surface area contributed by atoms with Crippen molar-refractivity contribution >= 4 is 33.7 Å². The summed E-state index contributed by atoms with van der Waals surface area (Å²) in [5, 5.41) is 33.8. The smallest absolute Gasteiger partial charge is 0.312 e. The number of aromatic hydroxyl groups is 1. The van der Waals surface area contributed by atoms with Gasteiger partial charge in [-0.25, -0.2) is 10.4 Å². The van der Waals surface area contributed by atoms with Gasteiger partial charge in [0.25, 0.3) is 5.91 Å². The Morgan fingerprint density at radius 3 is 2.87 bits per heavy atom. The second-order valence-corrected chi connectivity index (χ2v) is 6.77. The molecular formula is C18H16BrN5O6. The van der Waals surface area contributed by atoms with Crippen molar-refractivity contribution < 1.29 is 24.3 Å². The number of hydrogen-bond acceptors (Lipinski definition) is 9. The Bertz CT molecular complexity index is 1050. The largest absolute Gasteiger partial charge is 0.502 e. The van der Waals surface area contributed by atoms with Crippen LogP contribution in [0.5, 0.6) is 11.6 Å². The van der Waals surface area contributed by atoms with Crippen molar-refractivity contribution in [3.8, 4) is 17.7 Å². The number of nitriles is 1. The molecule has 2 rings (SSSR count). The van der Waals surface area contributed by atoms with E-state index in [1.807, 2.05) is 6.07 Å². The molecule has 0 bridgehead atoms. The molecule has 1 aromatic carbocycles. The van der Waals surface area contributed by atoms with E-state index in [4.69, 9.17) is 9.47 Å². The number of phenolic OH excluding ortho intramolecular Hbond substituents is 1. The summed E-state index contributed by atoms with van der Waals surface area (Å²) in [6.07, 6.45) is 1.05. The van der Waals surface area contributed by atoms with Crippen LogP contribution in [0.3, 0.4) is 0 Å². The molecular weight excluding hydrogens is 462 g/mol. The van der Waals surface area contributed by atoms with E-state index >= 15 is 0 Å². The van der Waals surface area contributed by atoms with Gasteiger partial charge < -0.3 is 14.6 Å². The van der Waals surface area contributed by atoms with Crippen LogP contribution in [-0.2, 0) is 16.1 Å². The van der Waals surface area contributed by atoms with Gasteiger partial charge in [0.05, 0.1) is 17.7 Å². The van der Waals surface area contributed by atoms with E-state index in [0.717, 1.165) is 12.3 Å². The number of rotatable bonds is 8. The predicted molar refractivity (Wildman–Crippen MR) is 108 cm³/mol. The Morgan fingerprint density at radius 1 is 1.50 bits per heavy atom. The molecule has 12 heteroatoms. The van der Waals surface area contributed by atoms with Gasteiger partial charge in [-0.2, -0.15) is 10.4 Å². The normalized spacial score (nSPS) is 10.6. The molecule has 0 radical (unpaired) electrons. The number of pyridine rings is 1. The summed E-state index contributed by atoms with van der Waals surface area (Å²) in [4.78, 5) is 26.3. The van der Waals surface area contributed by atoms with Crippen molar-refractivity contribution in [2.75, 3.05) is 13.7 Å². The Kier molecular flexibility index (Phi) is 7.79. The highest BCUT2D eigenvalue weighted by atomic mass is 79.9. The van der Waals surface area contributed by atoms with Crippen LogP contribution in [0.1, 0.15) is 22.4 Å². The zero-order valence-corrected chi connectivity index (χ0v) is 17.5. The van der Waals surface area contributed by atoms with Gasteiger partial charge in [-0.1, -0.05) is 15.9 Å². The number of hydrogen-bond donors (Lipinski definition) is 2. The Hall–Kier alpha value is -3.56. The van der Waals surface area contributed by atoms with Crippen LogP contribution < -0.4 is 10.2 Å². The molecule has 11 nitrogen and oxygen atoms in total. The molecule has 2 aromatic rings. The van der Waals surface area contributed by atoms with Crippen LogP contribution in [0, 0.1) is 28.4 Å². The van der Waals surface area contributed by atoms with Gasteiger partial charge in [-0.05, 0) is 19.1 Å². The summed E-state index contributed by atoms with van der Waals surface area (Å²) in [6, 6.07) is 6.19. The fourth-order valence-electron chi connectivity index (χ4n) is 2.39. The average Bonchev–Trinajstić information content (AvgIpc) is 2.68. The van der Waals surface area contributed by atoms with Crippen molar-refractivity contribution in [1.29, 1.82) is 5.26 Å². The maximum Gasteiger partial charge on any atom is 0.312 e. The Labute approximate surface area is 179 Å². The molecule has 1 heterocycles. The highest BCUT2D eigenvalue weighted by molar-refractivity contribution is 9.10. The lowest BCUT2D eigenvalue weighted by Crippen LogP contribution is -2.25. The standard InChI is InChI=1S/C18H16BrN5O6/c1-10-3-12(8-29-2)14(6-20)18(22-10)30-9-16(25)23-21-7-11-4-13(19)5-15(17(11)26)24(27)28/h3-5,7,26H,8-9H2,1-2H3,(H,23,25). The lowest BCUT2D eigenvalue weighted by Gasteiger charge is -2.10. The molecule has 0 unspecified atom stereocenters. The van der Waals surface area contributed by atoms with Crippen LogP contribution in [0.25, 0.3) is 0 Å². The quantitative estimate of drug-likeness (QED) is 0.332. The number of phenols is 1. The van der Waals surface area contributed by atoms with Crippen LogP contribution in [0.2, 0.25) is 0 Å². The monoisotopic (exact) mass is 477 g/mol. The van der Waals surface area contributed by atoms with Gasteiger partial charge in [0.15, 0.2) is 6.61 Å². The number of nitro benzene ring substituents is 1. The van der Waals surface area contributed by atoms with Gasteiger partial charge in [0.1, 0.15) is 11.6 Å². The van der Waals surface area contributed by atoms with Gasteiger partial charge in [0, 0.05) is 34.5 Å². The van der Waals surface area contributed by atoms with E-state index < -0.39 is 28.9 Å². The molecule has 0 atom stereocenters. The maximum absolute atomic E-state index is 12.0. The summed E-state index contributed by atoms with van der Waals surface area (Å²) >= 11 is 3.10. The second kappa shape index (κ2) is 10.3. The zero-order valence-electron chi connectivity index (χ0n) is 15.9. The molecule has 0 aliphatic rings. The summed E-state index contributed by atoms with van der Waals surface area (Å²) in [7, 11) is 1.49. The highest BCUT2D eigenvalue weighted by Gasteiger charge is 2.18. The SMILES string of the molecule is COCc1cc(C)nc(OCC(=O)NN=Cc2cc(Br)cc([N+](=O)[O-])c2O)c1C#N. The Morgan fingerprint density at radius 2 is 2.23 bits per heavy atom. The highest BCUT2D eigenvalue weighted by Crippen LogP contribution is 2.32. The van der Waals surface area contributed by atoms with Crippen molar-refractivity contribution in [2.45, 2.75) is 13.5 Å². The van der Waals surface area contributed by atoms with Gasteiger partial charge in [-0.15, -0.1) is 0 Å². The number of hydrazone groups is 1. The topological polar surface area (TPSA) is 160 Å². The fourth-order valence-corrected chi connectivity index (χ4v) is 2.85. The molecule has 0 fully saturated rings. The number of aromatic nitrogens is 1. The van der Waals surface area contributed by atoms with Crippen molar-refractivity contribution in [3.05, 3.63) is 55.2 Å². The molecule has 0 aliphatic heterocycles. The second-order valence-electron chi connectivity index (χ2n) is 5.85. The van der Waals surface area contributed by atoms with E-state index in [2.05, 4.69) is 31.4 Å². The molecule has 1 amide bonds. The summed E-state index contributed by atoms with van der Waals surface area (Å²) in [5.41, 5.74) is 2.99. The molecule has 0 aliphatic carbocycles. The minimum atomic E-state index is -0.747. The number of nitrogens with one attached hydrogen (secondary N) is 1. The molecule has 1 aromatic heterocycles. The number of ether oxygens (including phenoxy) is 2. The Balaban J connectivity index is 2.07. The van der Waals surface area contributed by atoms with E-state index in [1.54, 1.807) is 13.0 Å². The molecule has 30 heavy (non-hydrogen) atoms. The first-order valence-electron chi connectivity index (χ1n) is 8.28. The van der Waals surface area contributed by atoms with Gasteiger partial charge >= 0.3 is 5.69 Å². The lowest BCUT2D eigenvalue weighted by molar-refractivity contribution is -0.385. The van der Waals surface area contributed by atoms with E-state index in [9.17, 15) is 25.3 Å². The predicted octanol–water partition coefficient (Wildman–Crippen LogP) is 2.31. The van der Waals surface area contributed by atoms with Gasteiger partial charge in [0.2, 0.25) is 11.6 Å². The number of aryl methyl sites for hydroxylation is 1. The zero-order chi connectivity index (χ0) is 22.3. The first-order chi connectivity index (χ1) is 14.3. The minimum Gasteiger partial charge on any atom is -0.502 e. The molecule has 0 saturated carbocycles. The summed E-state index contributed by atoms with van der Waals surface area (Å²) in [6.45, 7) is 1.40.